The van der Waals surface area contributed by atoms with E-state index in [9.17, 15) is 0 Å². The topological polar surface area (TPSA) is 94.7 Å². The number of guanidine groups is 1. The summed E-state index contributed by atoms with van der Waals surface area (Å²) in [6.45, 7) is 0. The summed E-state index contributed by atoms with van der Waals surface area (Å²) in [6, 6.07) is 9.96. The van der Waals surface area contributed by atoms with E-state index < -0.39 is 0 Å². The van der Waals surface area contributed by atoms with Crippen molar-refractivity contribution in [1.82, 2.24) is 9.97 Å². The van der Waals surface area contributed by atoms with Crippen LogP contribution in [0.5, 0.6) is 11.8 Å². The minimum absolute atomic E-state index is 0.171. The van der Waals surface area contributed by atoms with E-state index in [1.54, 1.807) is 6.07 Å². The van der Waals surface area contributed by atoms with E-state index in [0.717, 1.165) is 5.69 Å². The molecule has 138 valence electrons. The predicted molar refractivity (Wildman–Crippen MR) is 102 cm³/mol. The van der Waals surface area contributed by atoms with Crippen molar-refractivity contribution < 1.29 is 9.47 Å². The minimum Gasteiger partial charge on any atom is -0.481 e. The number of nitrogens with one attached hydrogen (secondary N) is 1. The van der Waals surface area contributed by atoms with Crippen LogP contribution in [-0.2, 0) is 0 Å². The van der Waals surface area contributed by atoms with E-state index in [-0.39, 0.29) is 11.9 Å². The number of aromatic nitrogens is 2. The first-order chi connectivity index (χ1) is 12.7. The molecular formula is C19H25N5O2. The minimum atomic E-state index is 0.171. The summed E-state index contributed by atoms with van der Waals surface area (Å²) in [7, 11) is 3.04. The number of anilines is 1. The Morgan fingerprint density at radius 3 is 2.23 bits per heavy atom. The summed E-state index contributed by atoms with van der Waals surface area (Å²) in [5.74, 6) is 1.78. The van der Waals surface area contributed by atoms with Crippen molar-refractivity contribution in [2.75, 3.05) is 19.5 Å². The van der Waals surface area contributed by atoms with Crippen molar-refractivity contribution in [3.8, 4) is 11.8 Å². The van der Waals surface area contributed by atoms with Gasteiger partial charge in [0.05, 0.1) is 20.3 Å². The van der Waals surface area contributed by atoms with Crippen molar-refractivity contribution >= 4 is 17.6 Å². The molecule has 1 aliphatic carbocycles. The number of methoxy groups -OCH3 is 2. The molecule has 0 aliphatic heterocycles. The fourth-order valence-corrected chi connectivity index (χ4v) is 3.21. The van der Waals surface area contributed by atoms with Gasteiger partial charge in [-0.25, -0.2) is 0 Å². The first-order valence-electron chi connectivity index (χ1n) is 8.86. The number of nitrogens with zero attached hydrogens (tertiary/aromatic N) is 3. The van der Waals surface area contributed by atoms with Crippen LogP contribution in [0.25, 0.3) is 0 Å². The third kappa shape index (κ3) is 4.62. The van der Waals surface area contributed by atoms with Gasteiger partial charge in [-0.15, -0.1) is 0 Å². The van der Waals surface area contributed by atoms with Crippen molar-refractivity contribution in [3.63, 3.8) is 0 Å². The monoisotopic (exact) mass is 355 g/mol. The maximum absolute atomic E-state index is 5.98. The summed E-state index contributed by atoms with van der Waals surface area (Å²) in [5.41, 5.74) is 8.25. The van der Waals surface area contributed by atoms with Crippen LogP contribution in [0.1, 0.15) is 43.6 Å². The van der Waals surface area contributed by atoms with Crippen molar-refractivity contribution in [3.05, 3.63) is 35.9 Å². The van der Waals surface area contributed by atoms with Gasteiger partial charge in [-0.2, -0.15) is 15.0 Å². The van der Waals surface area contributed by atoms with Crippen LogP contribution in [0, 0.1) is 0 Å². The Morgan fingerprint density at radius 1 is 1.04 bits per heavy atom. The van der Waals surface area contributed by atoms with Gasteiger partial charge in [0, 0.05) is 5.69 Å². The summed E-state index contributed by atoms with van der Waals surface area (Å²) >= 11 is 0. The SMILES string of the molecule is COc1cc(OC)nc(N=C(N)Nc2ccc(C3CCCCC3)cc2)n1. The zero-order valence-corrected chi connectivity index (χ0v) is 15.2. The molecule has 3 N–H and O–H groups in total. The van der Waals surface area contributed by atoms with Gasteiger partial charge in [0.15, 0.2) is 0 Å². The van der Waals surface area contributed by atoms with Crippen LogP contribution in [0.3, 0.4) is 0 Å². The van der Waals surface area contributed by atoms with Gasteiger partial charge >= 0.3 is 0 Å². The molecule has 1 saturated carbocycles. The van der Waals surface area contributed by atoms with Crippen molar-refractivity contribution in [2.24, 2.45) is 10.7 Å². The van der Waals surface area contributed by atoms with Crippen LogP contribution in [-0.4, -0.2) is 30.1 Å². The quantitative estimate of drug-likeness (QED) is 0.628. The number of hydrogen-bond donors (Lipinski definition) is 2. The lowest BCUT2D eigenvalue weighted by Gasteiger charge is -2.22. The molecule has 1 aromatic carbocycles. The highest BCUT2D eigenvalue weighted by Crippen LogP contribution is 2.33. The third-order valence-electron chi connectivity index (χ3n) is 4.57. The smallest absolute Gasteiger partial charge is 0.259 e. The van der Waals surface area contributed by atoms with Crippen molar-refractivity contribution in [1.29, 1.82) is 0 Å². The molecule has 1 fully saturated rings. The van der Waals surface area contributed by atoms with Crippen LogP contribution < -0.4 is 20.5 Å². The number of nitrogens with two attached hydrogens (primary N) is 1. The Balaban J connectivity index is 1.69. The summed E-state index contributed by atoms with van der Waals surface area (Å²) < 4.78 is 10.2. The van der Waals surface area contributed by atoms with E-state index in [4.69, 9.17) is 15.2 Å². The molecule has 7 heteroatoms. The average molecular weight is 355 g/mol. The molecule has 0 bridgehead atoms. The summed E-state index contributed by atoms with van der Waals surface area (Å²) in [4.78, 5) is 12.5. The normalized spacial score (nSPS) is 15.5. The second kappa shape index (κ2) is 8.51. The molecule has 1 aromatic heterocycles. The highest BCUT2D eigenvalue weighted by molar-refractivity contribution is 5.93. The number of rotatable bonds is 5. The van der Waals surface area contributed by atoms with Gasteiger partial charge in [0.1, 0.15) is 0 Å². The number of benzene rings is 1. The first kappa shape index (κ1) is 18.0. The molecule has 0 atom stereocenters. The lowest BCUT2D eigenvalue weighted by molar-refractivity contribution is 0.372. The van der Waals surface area contributed by atoms with Gasteiger partial charge in [0.25, 0.3) is 5.95 Å². The van der Waals surface area contributed by atoms with Crippen molar-refractivity contribution in [2.45, 2.75) is 38.0 Å². The second-order valence-electron chi connectivity index (χ2n) is 6.33. The maximum atomic E-state index is 5.98. The largest absolute Gasteiger partial charge is 0.481 e. The highest BCUT2D eigenvalue weighted by Gasteiger charge is 2.15. The van der Waals surface area contributed by atoms with Gasteiger partial charge < -0.3 is 20.5 Å². The predicted octanol–water partition coefficient (Wildman–Crippen LogP) is 3.60. The summed E-state index contributed by atoms with van der Waals surface area (Å²) in [5, 5.41) is 3.06. The fraction of sp³-hybridized carbons (Fsp3) is 0.421. The lowest BCUT2D eigenvalue weighted by Crippen LogP contribution is -2.22. The van der Waals surface area contributed by atoms with Gasteiger partial charge in [0.2, 0.25) is 17.7 Å². The Labute approximate surface area is 153 Å². The molecule has 7 nitrogen and oxygen atoms in total. The first-order valence-corrected chi connectivity index (χ1v) is 8.86. The molecule has 0 radical (unpaired) electrons. The molecule has 0 amide bonds. The van der Waals surface area contributed by atoms with Crippen LogP contribution in [0.2, 0.25) is 0 Å². The molecule has 0 saturated heterocycles. The van der Waals surface area contributed by atoms with E-state index in [0.29, 0.717) is 17.7 Å². The zero-order valence-electron chi connectivity index (χ0n) is 15.2. The average Bonchev–Trinajstić information content (AvgIpc) is 2.68. The molecule has 3 rings (SSSR count). The molecule has 1 heterocycles. The second-order valence-corrected chi connectivity index (χ2v) is 6.33. The number of aliphatic imine (C=N–C) groups is 1. The van der Waals surface area contributed by atoms with Gasteiger partial charge in [-0.1, -0.05) is 31.4 Å². The Hall–Kier alpha value is -2.83. The van der Waals surface area contributed by atoms with E-state index in [2.05, 4.69) is 32.4 Å². The molecule has 0 unspecified atom stereocenters. The van der Waals surface area contributed by atoms with E-state index >= 15 is 0 Å². The molecular weight excluding hydrogens is 330 g/mol. The Morgan fingerprint density at radius 2 is 1.65 bits per heavy atom. The number of ether oxygens (including phenoxy) is 2. The Bertz CT molecular complexity index is 733. The standard InChI is InChI=1S/C19H25N5O2/c1-25-16-12-17(26-2)23-19(22-16)24-18(20)21-15-10-8-14(9-11-15)13-6-4-3-5-7-13/h8-13H,3-7H2,1-2H3,(H3,20,21,22,23,24). The van der Waals surface area contributed by atoms with Gasteiger partial charge in [-0.3, -0.25) is 0 Å². The Kier molecular flexibility index (Phi) is 5.88. The van der Waals surface area contributed by atoms with Gasteiger partial charge in [-0.05, 0) is 36.5 Å². The van der Waals surface area contributed by atoms with Crippen LogP contribution in [0.15, 0.2) is 35.3 Å². The van der Waals surface area contributed by atoms with E-state index in [1.165, 1.54) is 51.9 Å². The van der Waals surface area contributed by atoms with E-state index in [1.807, 2.05) is 12.1 Å². The van der Waals surface area contributed by atoms with Crippen LogP contribution >= 0.6 is 0 Å². The molecule has 2 aromatic rings. The maximum Gasteiger partial charge on any atom is 0.259 e. The highest BCUT2D eigenvalue weighted by atomic mass is 16.5. The molecule has 0 spiro atoms. The van der Waals surface area contributed by atoms with Crippen LogP contribution in [0.4, 0.5) is 11.6 Å². The molecule has 1 aliphatic rings. The lowest BCUT2D eigenvalue weighted by atomic mass is 9.84. The zero-order chi connectivity index (χ0) is 18.4. The third-order valence-corrected chi connectivity index (χ3v) is 4.57. The number of hydrogen-bond acceptors (Lipinski definition) is 5. The molecule has 26 heavy (non-hydrogen) atoms. The summed E-state index contributed by atoms with van der Waals surface area (Å²) in [6.07, 6.45) is 6.58. The fourth-order valence-electron chi connectivity index (χ4n) is 3.21.